The molecule has 0 bridgehead atoms. The maximum atomic E-state index is 4.53. The SMILES string of the molecule is CCNc1cc(N2CCn3ccnc3C2)nc(C)n1. The topological polar surface area (TPSA) is 58.9 Å². The highest BCUT2D eigenvalue weighted by atomic mass is 15.3. The third-order valence-corrected chi connectivity index (χ3v) is 3.25. The zero-order chi connectivity index (χ0) is 13.2. The second-order valence-corrected chi connectivity index (χ2v) is 4.65. The quantitative estimate of drug-likeness (QED) is 0.902. The minimum Gasteiger partial charge on any atom is -0.370 e. The maximum Gasteiger partial charge on any atom is 0.134 e. The summed E-state index contributed by atoms with van der Waals surface area (Å²) >= 11 is 0. The molecule has 19 heavy (non-hydrogen) atoms. The van der Waals surface area contributed by atoms with Crippen molar-refractivity contribution >= 4 is 11.6 Å². The van der Waals surface area contributed by atoms with Crippen molar-refractivity contribution < 1.29 is 0 Å². The summed E-state index contributed by atoms with van der Waals surface area (Å²) in [5.74, 6) is 3.74. The van der Waals surface area contributed by atoms with E-state index < -0.39 is 0 Å². The molecular formula is C13H18N6. The van der Waals surface area contributed by atoms with Crippen molar-refractivity contribution in [2.75, 3.05) is 23.3 Å². The van der Waals surface area contributed by atoms with Crippen molar-refractivity contribution in [2.24, 2.45) is 0 Å². The number of hydrogen-bond donors (Lipinski definition) is 1. The number of imidazole rings is 1. The van der Waals surface area contributed by atoms with Gasteiger partial charge in [0, 0.05) is 38.1 Å². The predicted octanol–water partition coefficient (Wildman–Crippen LogP) is 1.43. The van der Waals surface area contributed by atoms with Crippen LogP contribution in [0.25, 0.3) is 0 Å². The summed E-state index contributed by atoms with van der Waals surface area (Å²) in [6.45, 7) is 7.56. The molecule has 0 saturated carbocycles. The molecule has 1 aliphatic rings. The van der Waals surface area contributed by atoms with E-state index in [0.717, 1.165) is 49.5 Å². The van der Waals surface area contributed by atoms with Gasteiger partial charge in [-0.1, -0.05) is 0 Å². The molecule has 0 spiro atoms. The molecule has 0 radical (unpaired) electrons. The average molecular weight is 258 g/mol. The summed E-state index contributed by atoms with van der Waals surface area (Å²) in [7, 11) is 0. The van der Waals surface area contributed by atoms with Gasteiger partial charge in [-0.25, -0.2) is 15.0 Å². The molecule has 0 amide bonds. The van der Waals surface area contributed by atoms with Gasteiger partial charge in [0.2, 0.25) is 0 Å². The second kappa shape index (κ2) is 4.87. The highest BCUT2D eigenvalue weighted by Gasteiger charge is 2.18. The van der Waals surface area contributed by atoms with Gasteiger partial charge in [0.05, 0.1) is 6.54 Å². The lowest BCUT2D eigenvalue weighted by molar-refractivity contribution is 0.555. The Hall–Kier alpha value is -2.11. The number of aromatic nitrogens is 4. The van der Waals surface area contributed by atoms with Gasteiger partial charge in [-0.3, -0.25) is 0 Å². The largest absolute Gasteiger partial charge is 0.370 e. The molecule has 0 atom stereocenters. The Labute approximate surface area is 112 Å². The summed E-state index contributed by atoms with van der Waals surface area (Å²) < 4.78 is 2.19. The van der Waals surface area contributed by atoms with Crippen LogP contribution in [0.3, 0.4) is 0 Å². The summed E-state index contributed by atoms with van der Waals surface area (Å²) in [4.78, 5) is 15.5. The molecule has 1 N–H and O–H groups in total. The Morgan fingerprint density at radius 3 is 3.05 bits per heavy atom. The van der Waals surface area contributed by atoms with E-state index in [1.165, 1.54) is 0 Å². The van der Waals surface area contributed by atoms with Gasteiger partial charge >= 0.3 is 0 Å². The van der Waals surface area contributed by atoms with Crippen LogP contribution in [0.1, 0.15) is 18.6 Å². The van der Waals surface area contributed by atoms with Gasteiger partial charge in [0.15, 0.2) is 0 Å². The van der Waals surface area contributed by atoms with Crippen LogP contribution in [0.5, 0.6) is 0 Å². The van der Waals surface area contributed by atoms with Crippen LogP contribution in [0.4, 0.5) is 11.6 Å². The van der Waals surface area contributed by atoms with Gasteiger partial charge in [0.25, 0.3) is 0 Å². The molecule has 6 heteroatoms. The van der Waals surface area contributed by atoms with Crippen LogP contribution >= 0.6 is 0 Å². The number of nitrogens with one attached hydrogen (secondary N) is 1. The lowest BCUT2D eigenvalue weighted by atomic mass is 10.3. The molecule has 100 valence electrons. The van der Waals surface area contributed by atoms with E-state index in [9.17, 15) is 0 Å². The van der Waals surface area contributed by atoms with E-state index in [1.807, 2.05) is 25.4 Å². The summed E-state index contributed by atoms with van der Waals surface area (Å²) in [6, 6.07) is 2.01. The molecule has 0 unspecified atom stereocenters. The fraction of sp³-hybridized carbons (Fsp3) is 0.462. The molecule has 1 aliphatic heterocycles. The highest BCUT2D eigenvalue weighted by Crippen LogP contribution is 2.20. The van der Waals surface area contributed by atoms with Gasteiger partial charge in [0.1, 0.15) is 23.3 Å². The average Bonchev–Trinajstić information content (AvgIpc) is 2.85. The van der Waals surface area contributed by atoms with Gasteiger partial charge in [-0.2, -0.15) is 0 Å². The minimum atomic E-state index is 0.794. The third kappa shape index (κ3) is 2.38. The molecular weight excluding hydrogens is 240 g/mol. The number of rotatable bonds is 3. The Morgan fingerprint density at radius 2 is 2.21 bits per heavy atom. The van der Waals surface area contributed by atoms with Crippen molar-refractivity contribution in [3.8, 4) is 0 Å². The van der Waals surface area contributed by atoms with Crippen molar-refractivity contribution in [2.45, 2.75) is 26.9 Å². The van der Waals surface area contributed by atoms with Crippen LogP contribution in [-0.2, 0) is 13.1 Å². The van der Waals surface area contributed by atoms with Gasteiger partial charge in [-0.05, 0) is 13.8 Å². The molecule has 0 aromatic carbocycles. The molecule has 2 aromatic rings. The van der Waals surface area contributed by atoms with Crippen molar-refractivity contribution in [1.82, 2.24) is 19.5 Å². The first-order valence-electron chi connectivity index (χ1n) is 6.61. The monoisotopic (exact) mass is 258 g/mol. The normalized spacial score (nSPS) is 14.3. The molecule has 0 saturated heterocycles. The van der Waals surface area contributed by atoms with Gasteiger partial charge in [-0.15, -0.1) is 0 Å². The van der Waals surface area contributed by atoms with Crippen molar-refractivity contribution in [3.63, 3.8) is 0 Å². The van der Waals surface area contributed by atoms with E-state index in [0.29, 0.717) is 0 Å². The zero-order valence-electron chi connectivity index (χ0n) is 11.3. The molecule has 3 rings (SSSR count). The van der Waals surface area contributed by atoms with E-state index in [1.54, 1.807) is 0 Å². The van der Waals surface area contributed by atoms with Crippen LogP contribution in [0, 0.1) is 6.92 Å². The summed E-state index contributed by atoms with van der Waals surface area (Å²) in [5.41, 5.74) is 0. The fourth-order valence-corrected chi connectivity index (χ4v) is 2.35. The van der Waals surface area contributed by atoms with E-state index in [4.69, 9.17) is 0 Å². The van der Waals surface area contributed by atoms with Gasteiger partial charge < -0.3 is 14.8 Å². The zero-order valence-corrected chi connectivity index (χ0v) is 11.3. The first-order valence-corrected chi connectivity index (χ1v) is 6.61. The Morgan fingerprint density at radius 1 is 1.32 bits per heavy atom. The molecule has 2 aromatic heterocycles. The molecule has 0 fully saturated rings. The maximum absolute atomic E-state index is 4.53. The smallest absolute Gasteiger partial charge is 0.134 e. The molecule has 6 nitrogen and oxygen atoms in total. The van der Waals surface area contributed by atoms with Crippen LogP contribution in [0.2, 0.25) is 0 Å². The predicted molar refractivity (Wildman–Crippen MR) is 74.2 cm³/mol. The number of anilines is 2. The van der Waals surface area contributed by atoms with Crippen LogP contribution < -0.4 is 10.2 Å². The standard InChI is InChI=1S/C13H18N6/c1-3-14-11-8-12(17-10(2)16-11)19-7-6-18-5-4-15-13(18)9-19/h4-5,8H,3,6-7,9H2,1-2H3,(H,14,16,17). The molecule has 3 heterocycles. The number of nitrogens with zero attached hydrogens (tertiary/aromatic N) is 5. The van der Waals surface area contributed by atoms with E-state index in [-0.39, 0.29) is 0 Å². The summed E-state index contributed by atoms with van der Waals surface area (Å²) in [6.07, 6.45) is 3.89. The Kier molecular flexibility index (Phi) is 3.06. The van der Waals surface area contributed by atoms with Crippen LogP contribution in [-0.4, -0.2) is 32.6 Å². The van der Waals surface area contributed by atoms with E-state index >= 15 is 0 Å². The highest BCUT2D eigenvalue weighted by molar-refractivity contribution is 5.49. The second-order valence-electron chi connectivity index (χ2n) is 4.65. The number of fused-ring (bicyclic) bond motifs is 1. The third-order valence-electron chi connectivity index (χ3n) is 3.25. The Bertz CT molecular complexity index is 576. The summed E-state index contributed by atoms with van der Waals surface area (Å²) in [5, 5.41) is 3.24. The first-order chi connectivity index (χ1) is 9.26. The first kappa shape index (κ1) is 12.0. The van der Waals surface area contributed by atoms with E-state index in [2.05, 4.69) is 36.7 Å². The lowest BCUT2D eigenvalue weighted by Crippen LogP contribution is -2.34. The molecule has 0 aliphatic carbocycles. The van der Waals surface area contributed by atoms with Crippen molar-refractivity contribution in [1.29, 1.82) is 0 Å². The number of hydrogen-bond acceptors (Lipinski definition) is 5. The van der Waals surface area contributed by atoms with Crippen molar-refractivity contribution in [3.05, 3.63) is 30.1 Å². The Balaban J connectivity index is 1.87. The number of aryl methyl sites for hydroxylation is 1. The minimum absolute atomic E-state index is 0.794. The van der Waals surface area contributed by atoms with Crippen LogP contribution in [0.15, 0.2) is 18.5 Å². The fourth-order valence-electron chi connectivity index (χ4n) is 2.35. The lowest BCUT2D eigenvalue weighted by Gasteiger charge is -2.29.